The minimum Gasteiger partial charge on any atom is -0.478 e. The number of hydrogen-bond acceptors (Lipinski definition) is 5. The van der Waals surface area contributed by atoms with Gasteiger partial charge in [0, 0.05) is 24.8 Å². The molecule has 3 aromatic rings. The standard InChI is InChI=1S/C28H32N4O3/c1-17-14-22(19(3)30-24-13-9-8-12-21(24)27(34)35)25-23(15-17)26(33)32(4)28(31-25)29-16-18(2)20-10-6-5-7-11-20/h6,8-15,18-19,30H,5,7,16H2,1-4H3,(H,29,31)(H,34,35). The van der Waals surface area contributed by atoms with Crippen LogP contribution < -0.4 is 16.2 Å². The largest absolute Gasteiger partial charge is 0.478 e. The van der Waals surface area contributed by atoms with E-state index in [0.717, 1.165) is 24.0 Å². The molecule has 3 N–H and O–H groups in total. The molecule has 1 aliphatic rings. The third-order valence-electron chi connectivity index (χ3n) is 6.51. The lowest BCUT2D eigenvalue weighted by Gasteiger charge is -2.21. The maximum absolute atomic E-state index is 13.3. The van der Waals surface area contributed by atoms with Crippen molar-refractivity contribution in [1.82, 2.24) is 9.55 Å². The highest BCUT2D eigenvalue weighted by atomic mass is 16.4. The van der Waals surface area contributed by atoms with E-state index in [2.05, 4.69) is 35.8 Å². The SMILES string of the molecule is Cc1cc(C(C)Nc2ccccc2C(=O)O)c2nc(NCC(C)C3=CCCC=C3)n(C)c(=O)c2c1. The summed E-state index contributed by atoms with van der Waals surface area (Å²) in [6.45, 7) is 6.71. The molecular weight excluding hydrogens is 440 g/mol. The number of carboxylic acids is 1. The summed E-state index contributed by atoms with van der Waals surface area (Å²) in [5.74, 6) is -0.201. The average molecular weight is 473 g/mol. The summed E-state index contributed by atoms with van der Waals surface area (Å²) in [4.78, 5) is 29.8. The molecule has 2 aromatic carbocycles. The molecule has 1 aromatic heterocycles. The van der Waals surface area contributed by atoms with Crippen molar-refractivity contribution in [3.05, 3.63) is 87.2 Å². The molecule has 7 nitrogen and oxygen atoms in total. The fraction of sp³-hybridized carbons (Fsp3) is 0.321. The summed E-state index contributed by atoms with van der Waals surface area (Å²) in [6, 6.07) is 10.4. The maximum atomic E-state index is 13.3. The van der Waals surface area contributed by atoms with Gasteiger partial charge in [0.1, 0.15) is 0 Å². The summed E-state index contributed by atoms with van der Waals surface area (Å²) in [7, 11) is 1.73. The Morgan fingerprint density at radius 3 is 2.69 bits per heavy atom. The zero-order chi connectivity index (χ0) is 25.1. The molecule has 0 radical (unpaired) electrons. The summed E-state index contributed by atoms with van der Waals surface area (Å²) >= 11 is 0. The van der Waals surface area contributed by atoms with Crippen LogP contribution in [0, 0.1) is 12.8 Å². The third kappa shape index (κ3) is 5.14. The summed E-state index contributed by atoms with van der Waals surface area (Å²) in [6.07, 6.45) is 8.77. The number of aromatic carboxylic acids is 1. The molecule has 0 bridgehead atoms. The van der Waals surface area contributed by atoms with Crippen molar-refractivity contribution in [1.29, 1.82) is 0 Å². The Morgan fingerprint density at radius 1 is 1.20 bits per heavy atom. The second-order valence-electron chi connectivity index (χ2n) is 9.23. The van der Waals surface area contributed by atoms with Gasteiger partial charge in [-0.15, -0.1) is 0 Å². The first-order chi connectivity index (χ1) is 16.8. The van der Waals surface area contributed by atoms with Gasteiger partial charge in [-0.2, -0.15) is 0 Å². The second kappa shape index (κ2) is 10.2. The Labute approximate surface area is 205 Å². The molecule has 0 amide bonds. The Bertz CT molecular complexity index is 1390. The van der Waals surface area contributed by atoms with Crippen LogP contribution in [0.5, 0.6) is 0 Å². The number of anilines is 2. The van der Waals surface area contributed by atoms with E-state index in [4.69, 9.17) is 4.98 Å². The van der Waals surface area contributed by atoms with Gasteiger partial charge in [0.2, 0.25) is 5.95 Å². The van der Waals surface area contributed by atoms with Crippen LogP contribution >= 0.6 is 0 Å². The Balaban J connectivity index is 1.69. The van der Waals surface area contributed by atoms with Gasteiger partial charge >= 0.3 is 5.97 Å². The van der Waals surface area contributed by atoms with E-state index >= 15 is 0 Å². The predicted molar refractivity (Wildman–Crippen MR) is 141 cm³/mol. The van der Waals surface area contributed by atoms with Crippen LogP contribution in [0.3, 0.4) is 0 Å². The molecule has 35 heavy (non-hydrogen) atoms. The van der Waals surface area contributed by atoms with E-state index < -0.39 is 5.97 Å². The van der Waals surface area contributed by atoms with Crippen molar-refractivity contribution in [3.63, 3.8) is 0 Å². The molecule has 0 saturated carbocycles. The molecule has 1 heterocycles. The molecule has 1 aliphatic carbocycles. The number of carbonyl (C=O) groups is 1. The van der Waals surface area contributed by atoms with Gasteiger partial charge in [-0.1, -0.05) is 43.4 Å². The van der Waals surface area contributed by atoms with Gasteiger partial charge in [-0.25, -0.2) is 9.78 Å². The van der Waals surface area contributed by atoms with Crippen LogP contribution in [0.2, 0.25) is 0 Å². The topological polar surface area (TPSA) is 96.2 Å². The number of aromatic nitrogens is 2. The van der Waals surface area contributed by atoms with Crippen molar-refractivity contribution < 1.29 is 9.90 Å². The Morgan fingerprint density at radius 2 is 1.97 bits per heavy atom. The van der Waals surface area contributed by atoms with Gasteiger partial charge in [0.15, 0.2) is 0 Å². The minimum atomic E-state index is -0.995. The van der Waals surface area contributed by atoms with E-state index in [-0.39, 0.29) is 23.1 Å². The maximum Gasteiger partial charge on any atom is 0.337 e. The van der Waals surface area contributed by atoms with Crippen LogP contribution in [0.1, 0.15) is 54.2 Å². The quantitative estimate of drug-likeness (QED) is 0.404. The molecule has 2 atom stereocenters. The van der Waals surface area contributed by atoms with Gasteiger partial charge in [-0.3, -0.25) is 9.36 Å². The van der Waals surface area contributed by atoms with E-state index in [9.17, 15) is 14.7 Å². The number of hydrogen-bond donors (Lipinski definition) is 3. The van der Waals surface area contributed by atoms with E-state index in [1.54, 1.807) is 35.9 Å². The lowest BCUT2D eigenvalue weighted by molar-refractivity contribution is 0.0698. The molecule has 2 unspecified atom stereocenters. The molecular formula is C28H32N4O3. The summed E-state index contributed by atoms with van der Waals surface area (Å²) in [5, 5.41) is 16.8. The molecule has 0 fully saturated rings. The molecule has 7 heteroatoms. The molecule has 0 aliphatic heterocycles. The number of aryl methyl sites for hydroxylation is 1. The second-order valence-corrected chi connectivity index (χ2v) is 9.23. The molecule has 0 saturated heterocycles. The number of nitrogens with one attached hydrogen (secondary N) is 2. The monoisotopic (exact) mass is 472 g/mol. The summed E-state index contributed by atoms with van der Waals surface area (Å²) < 4.78 is 1.56. The number of para-hydroxylation sites is 1. The van der Waals surface area contributed by atoms with Gasteiger partial charge in [0.25, 0.3) is 5.56 Å². The lowest BCUT2D eigenvalue weighted by atomic mass is 9.96. The average Bonchev–Trinajstić information content (AvgIpc) is 2.85. The van der Waals surface area contributed by atoms with Crippen molar-refractivity contribution >= 4 is 28.5 Å². The van der Waals surface area contributed by atoms with E-state index in [0.29, 0.717) is 29.1 Å². The number of carboxylic acid groups (broad SMARTS) is 1. The number of fused-ring (bicyclic) bond motifs is 1. The molecule has 182 valence electrons. The van der Waals surface area contributed by atoms with Crippen molar-refractivity contribution in [2.75, 3.05) is 17.2 Å². The van der Waals surface area contributed by atoms with Crippen LogP contribution in [0.4, 0.5) is 11.6 Å². The summed E-state index contributed by atoms with van der Waals surface area (Å²) in [5.41, 5.74) is 4.28. The van der Waals surface area contributed by atoms with Crippen LogP contribution in [0.25, 0.3) is 10.9 Å². The highest BCUT2D eigenvalue weighted by Crippen LogP contribution is 2.28. The van der Waals surface area contributed by atoms with Crippen molar-refractivity contribution in [3.8, 4) is 0 Å². The molecule has 0 spiro atoms. The number of allylic oxidation sites excluding steroid dienone is 3. The normalized spacial score (nSPS) is 14.9. The minimum absolute atomic E-state index is 0.120. The smallest absolute Gasteiger partial charge is 0.337 e. The Hall–Kier alpha value is -3.87. The van der Waals surface area contributed by atoms with Crippen molar-refractivity contribution in [2.45, 2.75) is 39.7 Å². The first-order valence-corrected chi connectivity index (χ1v) is 12.0. The van der Waals surface area contributed by atoms with Gasteiger partial charge in [-0.05, 0) is 61.9 Å². The van der Waals surface area contributed by atoms with E-state index in [1.165, 1.54) is 5.57 Å². The van der Waals surface area contributed by atoms with Crippen LogP contribution in [-0.4, -0.2) is 27.2 Å². The highest BCUT2D eigenvalue weighted by molar-refractivity contribution is 5.94. The third-order valence-corrected chi connectivity index (χ3v) is 6.51. The zero-order valence-corrected chi connectivity index (χ0v) is 20.6. The lowest BCUT2D eigenvalue weighted by Crippen LogP contribution is -2.25. The zero-order valence-electron chi connectivity index (χ0n) is 20.6. The Kier molecular flexibility index (Phi) is 7.05. The number of rotatable bonds is 8. The van der Waals surface area contributed by atoms with Gasteiger partial charge in [0.05, 0.1) is 22.5 Å². The van der Waals surface area contributed by atoms with Gasteiger partial charge < -0.3 is 15.7 Å². The fourth-order valence-corrected chi connectivity index (χ4v) is 4.51. The molecule has 4 rings (SSSR count). The van der Waals surface area contributed by atoms with E-state index in [1.807, 2.05) is 26.0 Å². The highest BCUT2D eigenvalue weighted by Gasteiger charge is 2.19. The number of nitrogens with zero attached hydrogens (tertiary/aromatic N) is 2. The first kappa shape index (κ1) is 24.3. The van der Waals surface area contributed by atoms with Crippen LogP contribution in [0.15, 0.2) is 65.0 Å². The number of benzene rings is 2. The predicted octanol–water partition coefficient (Wildman–Crippen LogP) is 5.44. The fourth-order valence-electron chi connectivity index (χ4n) is 4.51. The first-order valence-electron chi connectivity index (χ1n) is 12.0. The van der Waals surface area contributed by atoms with Crippen LogP contribution in [-0.2, 0) is 7.05 Å². The van der Waals surface area contributed by atoms with Crippen molar-refractivity contribution in [2.24, 2.45) is 13.0 Å².